The highest BCUT2D eigenvalue weighted by molar-refractivity contribution is 9.10. The van der Waals surface area contributed by atoms with Crippen LogP contribution in [0.4, 0.5) is 4.39 Å². The Bertz CT molecular complexity index is 456. The van der Waals surface area contributed by atoms with Crippen molar-refractivity contribution in [2.75, 3.05) is 0 Å². The van der Waals surface area contributed by atoms with Gasteiger partial charge in [-0.25, -0.2) is 9.18 Å². The first-order valence-corrected chi connectivity index (χ1v) is 6.11. The summed E-state index contributed by atoms with van der Waals surface area (Å²) in [5.41, 5.74) is -0.190. The molecule has 1 rings (SSSR count). The van der Waals surface area contributed by atoms with Gasteiger partial charge in [0.25, 0.3) is 5.91 Å². The summed E-state index contributed by atoms with van der Waals surface area (Å²) < 4.78 is 13.8. The van der Waals surface area contributed by atoms with Gasteiger partial charge in [0.1, 0.15) is 11.9 Å². The molecule has 1 amide bonds. The largest absolute Gasteiger partial charge is 0.480 e. The summed E-state index contributed by atoms with van der Waals surface area (Å²) in [6.45, 7) is 3.32. The van der Waals surface area contributed by atoms with E-state index in [-0.39, 0.29) is 16.0 Å². The Kier molecular flexibility index (Phi) is 4.84. The molecule has 0 aliphatic carbocycles. The van der Waals surface area contributed by atoms with Crippen LogP contribution < -0.4 is 5.32 Å². The molecule has 0 bridgehead atoms. The molecule has 2 N–H and O–H groups in total. The Morgan fingerprint density at radius 3 is 2.44 bits per heavy atom. The van der Waals surface area contributed by atoms with Crippen LogP contribution in [0.25, 0.3) is 0 Å². The van der Waals surface area contributed by atoms with E-state index in [9.17, 15) is 14.0 Å². The SMILES string of the molecule is CC(C)[C@@H](NC(=O)c1c(F)cccc1Br)C(=O)O. The van der Waals surface area contributed by atoms with E-state index in [1.54, 1.807) is 13.8 Å². The molecule has 18 heavy (non-hydrogen) atoms. The molecule has 0 saturated carbocycles. The number of benzene rings is 1. The van der Waals surface area contributed by atoms with E-state index in [2.05, 4.69) is 21.2 Å². The zero-order valence-corrected chi connectivity index (χ0v) is 11.5. The second-order valence-corrected chi connectivity index (χ2v) is 4.98. The van der Waals surface area contributed by atoms with Crippen LogP contribution in [0.5, 0.6) is 0 Å². The molecule has 0 spiro atoms. The van der Waals surface area contributed by atoms with Gasteiger partial charge in [0.15, 0.2) is 0 Å². The molecule has 0 unspecified atom stereocenters. The maximum atomic E-state index is 13.5. The van der Waals surface area contributed by atoms with Crippen LogP contribution in [0, 0.1) is 11.7 Å². The van der Waals surface area contributed by atoms with Crippen molar-refractivity contribution in [3.05, 3.63) is 34.1 Å². The van der Waals surface area contributed by atoms with Crippen LogP contribution >= 0.6 is 15.9 Å². The van der Waals surface area contributed by atoms with Crippen molar-refractivity contribution in [1.29, 1.82) is 0 Å². The van der Waals surface area contributed by atoms with Crippen LogP contribution in [-0.2, 0) is 4.79 Å². The minimum absolute atomic E-state index is 0.190. The van der Waals surface area contributed by atoms with E-state index < -0.39 is 23.7 Å². The van der Waals surface area contributed by atoms with Crippen LogP contribution in [-0.4, -0.2) is 23.0 Å². The Morgan fingerprint density at radius 2 is 2.00 bits per heavy atom. The van der Waals surface area contributed by atoms with Crippen molar-refractivity contribution in [3.8, 4) is 0 Å². The third kappa shape index (κ3) is 3.29. The molecule has 0 heterocycles. The highest BCUT2D eigenvalue weighted by atomic mass is 79.9. The van der Waals surface area contributed by atoms with E-state index in [4.69, 9.17) is 5.11 Å². The number of nitrogens with one attached hydrogen (secondary N) is 1. The summed E-state index contributed by atoms with van der Waals surface area (Å²) in [5.74, 6) is -2.89. The lowest BCUT2D eigenvalue weighted by atomic mass is 10.0. The first kappa shape index (κ1) is 14.6. The first-order valence-electron chi connectivity index (χ1n) is 5.32. The van der Waals surface area contributed by atoms with Gasteiger partial charge in [-0.1, -0.05) is 19.9 Å². The van der Waals surface area contributed by atoms with Crippen LogP contribution in [0.2, 0.25) is 0 Å². The molecule has 0 aliphatic heterocycles. The number of amides is 1. The fraction of sp³-hybridized carbons (Fsp3) is 0.333. The highest BCUT2D eigenvalue weighted by Gasteiger charge is 2.26. The molecule has 1 aromatic rings. The zero-order valence-electron chi connectivity index (χ0n) is 9.91. The molecule has 0 aliphatic rings. The van der Waals surface area contributed by atoms with Crippen LogP contribution in [0.1, 0.15) is 24.2 Å². The second-order valence-electron chi connectivity index (χ2n) is 4.13. The zero-order chi connectivity index (χ0) is 13.9. The van der Waals surface area contributed by atoms with Crippen LogP contribution in [0.3, 0.4) is 0 Å². The van der Waals surface area contributed by atoms with Crippen molar-refractivity contribution >= 4 is 27.8 Å². The summed E-state index contributed by atoms with van der Waals surface area (Å²) >= 11 is 3.06. The van der Waals surface area contributed by atoms with E-state index in [0.717, 1.165) is 6.07 Å². The predicted molar refractivity (Wildman–Crippen MR) is 67.8 cm³/mol. The van der Waals surface area contributed by atoms with Gasteiger partial charge < -0.3 is 10.4 Å². The number of halogens is 2. The predicted octanol–water partition coefficient (Wildman–Crippen LogP) is 2.43. The van der Waals surface area contributed by atoms with E-state index >= 15 is 0 Å². The van der Waals surface area contributed by atoms with Crippen molar-refractivity contribution in [3.63, 3.8) is 0 Å². The van der Waals surface area contributed by atoms with E-state index in [0.29, 0.717) is 0 Å². The van der Waals surface area contributed by atoms with Gasteiger partial charge in [-0.05, 0) is 34.0 Å². The number of carboxylic acids is 1. The van der Waals surface area contributed by atoms with E-state index in [1.807, 2.05) is 0 Å². The van der Waals surface area contributed by atoms with E-state index in [1.165, 1.54) is 12.1 Å². The summed E-state index contributed by atoms with van der Waals surface area (Å²) in [4.78, 5) is 22.8. The summed E-state index contributed by atoms with van der Waals surface area (Å²) in [6.07, 6.45) is 0. The molecule has 1 atom stereocenters. The Labute approximate surface area is 112 Å². The van der Waals surface area contributed by atoms with Gasteiger partial charge in [0, 0.05) is 4.47 Å². The summed E-state index contributed by atoms with van der Waals surface area (Å²) in [5, 5.41) is 11.3. The van der Waals surface area contributed by atoms with Gasteiger partial charge in [-0.15, -0.1) is 0 Å². The quantitative estimate of drug-likeness (QED) is 0.896. The first-order chi connectivity index (χ1) is 8.34. The Hall–Kier alpha value is -1.43. The van der Waals surface area contributed by atoms with Gasteiger partial charge in [-0.2, -0.15) is 0 Å². The number of carbonyl (C=O) groups is 2. The Balaban J connectivity index is 2.98. The average Bonchev–Trinajstić information content (AvgIpc) is 2.24. The molecule has 4 nitrogen and oxygen atoms in total. The molecular weight excluding hydrogens is 305 g/mol. The number of carbonyl (C=O) groups excluding carboxylic acids is 1. The number of hydrogen-bond donors (Lipinski definition) is 2. The third-order valence-electron chi connectivity index (χ3n) is 2.41. The normalized spacial score (nSPS) is 12.3. The Morgan fingerprint density at radius 1 is 1.39 bits per heavy atom. The number of hydrogen-bond acceptors (Lipinski definition) is 2. The lowest BCUT2D eigenvalue weighted by molar-refractivity contribution is -0.140. The number of rotatable bonds is 4. The highest BCUT2D eigenvalue weighted by Crippen LogP contribution is 2.19. The average molecular weight is 318 g/mol. The third-order valence-corrected chi connectivity index (χ3v) is 3.07. The molecular formula is C12H13BrFNO3. The number of aliphatic carboxylic acids is 1. The molecule has 98 valence electrons. The maximum Gasteiger partial charge on any atom is 0.326 e. The van der Waals surface area contributed by atoms with Crippen molar-refractivity contribution < 1.29 is 19.1 Å². The molecule has 0 aromatic heterocycles. The minimum Gasteiger partial charge on any atom is -0.480 e. The van der Waals surface area contributed by atoms with Crippen molar-refractivity contribution in [2.24, 2.45) is 5.92 Å². The van der Waals surface area contributed by atoms with Gasteiger partial charge >= 0.3 is 5.97 Å². The molecule has 0 saturated heterocycles. The fourth-order valence-corrected chi connectivity index (χ4v) is 1.96. The summed E-state index contributed by atoms with van der Waals surface area (Å²) in [6, 6.07) is 3.06. The smallest absolute Gasteiger partial charge is 0.326 e. The van der Waals surface area contributed by atoms with Crippen molar-refractivity contribution in [2.45, 2.75) is 19.9 Å². The minimum atomic E-state index is -1.15. The molecule has 0 fully saturated rings. The molecule has 1 aromatic carbocycles. The van der Waals surface area contributed by atoms with Gasteiger partial charge in [-0.3, -0.25) is 4.79 Å². The lowest BCUT2D eigenvalue weighted by Crippen LogP contribution is -2.44. The maximum absolute atomic E-state index is 13.5. The second kappa shape index (κ2) is 5.95. The fourth-order valence-electron chi connectivity index (χ4n) is 1.44. The molecule has 0 radical (unpaired) electrons. The monoisotopic (exact) mass is 317 g/mol. The lowest BCUT2D eigenvalue weighted by Gasteiger charge is -2.18. The van der Waals surface area contributed by atoms with Gasteiger partial charge in [0.2, 0.25) is 0 Å². The van der Waals surface area contributed by atoms with Crippen molar-refractivity contribution in [1.82, 2.24) is 5.32 Å². The van der Waals surface area contributed by atoms with Crippen LogP contribution in [0.15, 0.2) is 22.7 Å². The summed E-state index contributed by atoms with van der Waals surface area (Å²) in [7, 11) is 0. The topological polar surface area (TPSA) is 66.4 Å². The standard InChI is InChI=1S/C12H13BrFNO3/c1-6(2)10(12(17)18)15-11(16)9-7(13)4-3-5-8(9)14/h3-6,10H,1-2H3,(H,15,16)(H,17,18)/t10-/m1/s1. The van der Waals surface area contributed by atoms with Gasteiger partial charge in [0.05, 0.1) is 5.56 Å². The molecule has 6 heteroatoms. The number of carboxylic acid groups (broad SMARTS) is 1.